The lowest BCUT2D eigenvalue weighted by Crippen LogP contribution is -2.31. The molecule has 2 atom stereocenters. The molecule has 0 N–H and O–H groups in total. The van der Waals surface area contributed by atoms with Gasteiger partial charge in [0.25, 0.3) is 0 Å². The number of halogens is 5. The summed E-state index contributed by atoms with van der Waals surface area (Å²) in [5.41, 5.74) is 10.9. The molecular weight excluding hydrogens is 1150 g/mol. The summed E-state index contributed by atoms with van der Waals surface area (Å²) in [7, 11) is 0. The number of anilines is 3. The monoisotopic (exact) mass is 1200 g/mol. The zero-order valence-corrected chi connectivity index (χ0v) is 49.4. The molecule has 0 saturated heterocycles. The number of rotatable bonds is 15. The molecule has 0 amide bonds. The van der Waals surface area contributed by atoms with Crippen molar-refractivity contribution in [2.75, 3.05) is 4.90 Å². The van der Waals surface area contributed by atoms with Gasteiger partial charge in [-0.1, -0.05) is 189 Å². The van der Waals surface area contributed by atoms with Crippen LogP contribution in [0.3, 0.4) is 0 Å². The standard InChI is InChI=1S/C84H54F5NO2/c1-3-53-22-40-65(41-23-53)91-67-44-30-59(31-45-67)83(81-77(86)18-10-19-78(81)87)73-16-7-5-14-69(73)71-48-38-63(51-75(71)83)90(62-36-28-56(29-37-62)58-13-9-12-57(50-58)55-26-34-61(85)35-27-55)64-39-49-72-70-15-6-8-17-74(70)84(76(72)52-64,82-79(88)20-11-21-80(82)89)60-32-46-68(47-33-60)92-66-42-24-54(4-2)25-43-66/h3-52H,1-2H2. The van der Waals surface area contributed by atoms with E-state index < -0.39 is 34.1 Å². The predicted octanol–water partition coefficient (Wildman–Crippen LogP) is 22.8. The molecule has 0 radical (unpaired) electrons. The van der Waals surface area contributed by atoms with Crippen LogP contribution < -0.4 is 14.4 Å². The summed E-state index contributed by atoms with van der Waals surface area (Å²) in [6.45, 7) is 7.74. The van der Waals surface area contributed by atoms with Crippen molar-refractivity contribution in [3.63, 3.8) is 0 Å². The van der Waals surface area contributed by atoms with Crippen LogP contribution in [0.15, 0.2) is 304 Å². The fourth-order valence-corrected chi connectivity index (χ4v) is 13.9. The molecule has 8 heteroatoms. The Balaban J connectivity index is 0.946. The van der Waals surface area contributed by atoms with Gasteiger partial charge in [-0.3, -0.25) is 0 Å². The highest BCUT2D eigenvalue weighted by atomic mass is 19.1. The van der Waals surface area contributed by atoms with Crippen molar-refractivity contribution in [3.05, 3.63) is 389 Å². The molecule has 13 aromatic rings. The molecule has 0 heterocycles. The van der Waals surface area contributed by atoms with Crippen LogP contribution in [0.25, 0.3) is 56.7 Å². The van der Waals surface area contributed by atoms with Gasteiger partial charge in [0, 0.05) is 28.2 Å². The molecule has 2 unspecified atom stereocenters. The summed E-state index contributed by atoms with van der Waals surface area (Å²) >= 11 is 0. The van der Waals surface area contributed by atoms with E-state index in [2.05, 4.69) is 24.1 Å². The number of benzene rings is 13. The molecule has 15 rings (SSSR count). The van der Waals surface area contributed by atoms with Gasteiger partial charge in [-0.05, 0) is 216 Å². The first-order valence-electron chi connectivity index (χ1n) is 30.2. The second-order valence-electron chi connectivity index (χ2n) is 23.0. The van der Waals surface area contributed by atoms with Crippen LogP contribution in [0.5, 0.6) is 23.0 Å². The molecule has 0 aromatic heterocycles. The lowest BCUT2D eigenvalue weighted by atomic mass is 9.67. The van der Waals surface area contributed by atoms with Gasteiger partial charge in [0.2, 0.25) is 0 Å². The predicted molar refractivity (Wildman–Crippen MR) is 360 cm³/mol. The van der Waals surface area contributed by atoms with Gasteiger partial charge >= 0.3 is 0 Å². The quantitative estimate of drug-likeness (QED) is 0.0955. The Morgan fingerprint density at radius 1 is 0.293 bits per heavy atom. The average molecular weight is 1200 g/mol. The maximum absolute atomic E-state index is 17.4. The second kappa shape index (κ2) is 23.1. The molecule has 0 fully saturated rings. The van der Waals surface area contributed by atoms with E-state index >= 15 is 17.6 Å². The Bertz CT molecular complexity index is 4720. The summed E-state index contributed by atoms with van der Waals surface area (Å²) in [4.78, 5) is 2.08. The molecule has 92 heavy (non-hydrogen) atoms. The molecule has 13 aromatic carbocycles. The van der Waals surface area contributed by atoms with Crippen molar-refractivity contribution in [2.45, 2.75) is 10.8 Å². The largest absolute Gasteiger partial charge is 0.457 e. The Morgan fingerprint density at radius 3 is 1.04 bits per heavy atom. The minimum atomic E-state index is -1.57. The van der Waals surface area contributed by atoms with Crippen molar-refractivity contribution in [1.82, 2.24) is 0 Å². The fourth-order valence-electron chi connectivity index (χ4n) is 13.9. The van der Waals surface area contributed by atoms with Crippen LogP contribution in [0.1, 0.15) is 55.6 Å². The first kappa shape index (κ1) is 56.9. The van der Waals surface area contributed by atoms with Crippen LogP contribution in [-0.4, -0.2) is 0 Å². The molecule has 0 spiro atoms. The Labute approximate surface area is 530 Å². The van der Waals surface area contributed by atoms with E-state index in [4.69, 9.17) is 9.47 Å². The maximum Gasteiger partial charge on any atom is 0.130 e. The van der Waals surface area contributed by atoms with Crippen LogP contribution in [0, 0.1) is 29.1 Å². The van der Waals surface area contributed by atoms with E-state index in [-0.39, 0.29) is 16.9 Å². The van der Waals surface area contributed by atoms with Gasteiger partial charge in [-0.15, -0.1) is 0 Å². The zero-order valence-electron chi connectivity index (χ0n) is 49.4. The van der Waals surface area contributed by atoms with Gasteiger partial charge in [0.05, 0.1) is 10.8 Å². The van der Waals surface area contributed by atoms with Crippen molar-refractivity contribution < 1.29 is 31.4 Å². The minimum absolute atomic E-state index is 0.148. The normalized spacial score (nSPS) is 15.0. The number of nitrogens with zero attached hydrogens (tertiary/aromatic N) is 1. The molecule has 0 aliphatic heterocycles. The van der Waals surface area contributed by atoms with Crippen LogP contribution in [0.2, 0.25) is 0 Å². The number of hydrogen-bond donors (Lipinski definition) is 0. The highest BCUT2D eigenvalue weighted by molar-refractivity contribution is 5.93. The summed E-state index contributed by atoms with van der Waals surface area (Å²) in [5.74, 6) is -0.989. The number of hydrogen-bond acceptors (Lipinski definition) is 3. The first-order chi connectivity index (χ1) is 45.0. The number of fused-ring (bicyclic) bond motifs is 6. The lowest BCUT2D eigenvalue weighted by molar-refractivity contribution is 0.481. The molecule has 2 aliphatic rings. The van der Waals surface area contributed by atoms with E-state index in [0.29, 0.717) is 73.4 Å². The third-order valence-corrected chi connectivity index (χ3v) is 18.0. The van der Waals surface area contributed by atoms with Gasteiger partial charge in [0.1, 0.15) is 52.1 Å². The van der Waals surface area contributed by atoms with E-state index in [9.17, 15) is 4.39 Å². The molecule has 0 bridgehead atoms. The third-order valence-electron chi connectivity index (χ3n) is 18.0. The van der Waals surface area contributed by atoms with Crippen LogP contribution in [0.4, 0.5) is 39.0 Å². The van der Waals surface area contributed by atoms with E-state index in [1.54, 1.807) is 24.3 Å². The van der Waals surface area contributed by atoms with Gasteiger partial charge in [-0.2, -0.15) is 0 Å². The topological polar surface area (TPSA) is 21.7 Å². The summed E-state index contributed by atoms with van der Waals surface area (Å²) < 4.78 is 96.4. The summed E-state index contributed by atoms with van der Waals surface area (Å²) in [5, 5.41) is 0. The lowest BCUT2D eigenvalue weighted by Gasteiger charge is -2.36. The average Bonchev–Trinajstić information content (AvgIpc) is 1.51. The molecule has 0 saturated carbocycles. The van der Waals surface area contributed by atoms with Crippen LogP contribution in [-0.2, 0) is 10.8 Å². The van der Waals surface area contributed by atoms with Crippen molar-refractivity contribution >= 4 is 29.2 Å². The Morgan fingerprint density at radius 2 is 0.641 bits per heavy atom. The maximum atomic E-state index is 17.4. The summed E-state index contributed by atoms with van der Waals surface area (Å²) in [6.07, 6.45) is 3.51. The molecular formula is C84H54F5NO2. The van der Waals surface area contributed by atoms with E-state index in [0.717, 1.165) is 55.6 Å². The fraction of sp³-hybridized carbons (Fsp3) is 0.0238. The van der Waals surface area contributed by atoms with E-state index in [1.807, 2.05) is 224 Å². The smallest absolute Gasteiger partial charge is 0.130 e. The van der Waals surface area contributed by atoms with Gasteiger partial charge in [0.15, 0.2) is 0 Å². The first-order valence-corrected chi connectivity index (χ1v) is 30.2. The van der Waals surface area contributed by atoms with E-state index in [1.165, 1.54) is 48.5 Å². The zero-order chi connectivity index (χ0) is 62.7. The summed E-state index contributed by atoms with van der Waals surface area (Å²) in [6, 6.07) is 87.9. The number of ether oxygens (including phenoxy) is 2. The van der Waals surface area contributed by atoms with Gasteiger partial charge in [-0.25, -0.2) is 22.0 Å². The van der Waals surface area contributed by atoms with Crippen molar-refractivity contribution in [2.24, 2.45) is 0 Å². The minimum Gasteiger partial charge on any atom is -0.457 e. The SMILES string of the molecule is C=Cc1ccc(Oc2ccc(C3(c4c(F)cccc4F)c4ccccc4-c4ccc(N(c5ccc(-c6cccc(-c7ccc(F)cc7)c6)cc5)c5ccc6c(c5)C(c5ccc(Oc7ccc(C=C)cc7)cc5)(c5c(F)cccc5F)c5ccccc5-6)cc43)cc2)cc1. The van der Waals surface area contributed by atoms with Crippen molar-refractivity contribution in [3.8, 4) is 67.5 Å². The molecule has 442 valence electrons. The molecule has 3 nitrogen and oxygen atoms in total. The Kier molecular flexibility index (Phi) is 14.3. The highest BCUT2D eigenvalue weighted by Gasteiger charge is 2.51. The second-order valence-corrected chi connectivity index (χ2v) is 23.0. The van der Waals surface area contributed by atoms with Crippen molar-refractivity contribution in [1.29, 1.82) is 0 Å². The highest BCUT2D eigenvalue weighted by Crippen LogP contribution is 2.61. The third kappa shape index (κ3) is 9.49. The molecule has 2 aliphatic carbocycles. The van der Waals surface area contributed by atoms with Gasteiger partial charge < -0.3 is 14.4 Å². The van der Waals surface area contributed by atoms with Crippen LogP contribution >= 0.6 is 0 Å². The Hall–Kier alpha value is -11.6.